The van der Waals surface area contributed by atoms with E-state index in [1.54, 1.807) is 0 Å². The van der Waals surface area contributed by atoms with E-state index in [0.717, 1.165) is 24.1 Å². The van der Waals surface area contributed by atoms with Gasteiger partial charge in [-0.05, 0) is 44.9 Å². The van der Waals surface area contributed by atoms with Crippen molar-refractivity contribution in [2.75, 3.05) is 6.54 Å². The van der Waals surface area contributed by atoms with Crippen LogP contribution >= 0.6 is 0 Å². The number of halogens is 1. The smallest absolute Gasteiger partial charge is 0.131 e. The highest BCUT2D eigenvalue weighted by Crippen LogP contribution is 2.27. The molecule has 0 aliphatic carbocycles. The Balaban J connectivity index is 2.49. The predicted molar refractivity (Wildman–Crippen MR) is 87.2 cm³/mol. The van der Waals surface area contributed by atoms with Gasteiger partial charge in [0.25, 0.3) is 0 Å². The molecular weight excluding hydrogens is 261 g/mol. The Kier molecular flexibility index (Phi) is 5.13. The van der Waals surface area contributed by atoms with E-state index < -0.39 is 0 Å². The highest BCUT2D eigenvalue weighted by molar-refractivity contribution is 5.39. The molecule has 2 heteroatoms. The average molecular weight is 285 g/mol. The first-order valence-electron chi connectivity index (χ1n) is 7.59. The first-order valence-corrected chi connectivity index (χ1v) is 7.59. The zero-order valence-electron chi connectivity index (χ0n) is 13.3. The molecule has 1 nitrogen and oxygen atoms in total. The SMILES string of the molecule is CCCNC(c1cc(C)cc(C)c1)c1cccc(C)c1F. The fourth-order valence-electron chi connectivity index (χ4n) is 2.77. The fourth-order valence-corrected chi connectivity index (χ4v) is 2.77. The Morgan fingerprint density at radius 3 is 2.33 bits per heavy atom. The molecule has 1 unspecified atom stereocenters. The number of rotatable bonds is 5. The predicted octanol–water partition coefficient (Wildman–Crippen LogP) is 4.84. The lowest BCUT2D eigenvalue weighted by molar-refractivity contribution is 0.542. The molecule has 0 aliphatic rings. The number of aryl methyl sites for hydroxylation is 3. The quantitative estimate of drug-likeness (QED) is 0.829. The molecule has 0 aromatic heterocycles. The van der Waals surface area contributed by atoms with Crippen LogP contribution in [0.25, 0.3) is 0 Å². The minimum atomic E-state index is -0.106. The van der Waals surface area contributed by atoms with Gasteiger partial charge in [0.2, 0.25) is 0 Å². The minimum Gasteiger partial charge on any atom is -0.306 e. The third-order valence-corrected chi connectivity index (χ3v) is 3.71. The summed E-state index contributed by atoms with van der Waals surface area (Å²) in [6.45, 7) is 8.97. The molecule has 0 saturated heterocycles. The molecule has 2 aromatic rings. The van der Waals surface area contributed by atoms with Gasteiger partial charge in [0, 0.05) is 5.56 Å². The van der Waals surface area contributed by atoms with E-state index in [0.29, 0.717) is 5.56 Å². The third kappa shape index (κ3) is 3.70. The summed E-state index contributed by atoms with van der Waals surface area (Å²) < 4.78 is 14.5. The van der Waals surface area contributed by atoms with E-state index in [4.69, 9.17) is 0 Å². The minimum absolute atomic E-state index is 0.0940. The van der Waals surface area contributed by atoms with Gasteiger partial charge >= 0.3 is 0 Å². The molecule has 0 aliphatic heterocycles. The summed E-state index contributed by atoms with van der Waals surface area (Å²) in [5.41, 5.74) is 4.97. The van der Waals surface area contributed by atoms with Crippen molar-refractivity contribution >= 4 is 0 Å². The lowest BCUT2D eigenvalue weighted by Crippen LogP contribution is -2.24. The molecule has 1 atom stereocenters. The van der Waals surface area contributed by atoms with E-state index in [-0.39, 0.29) is 11.9 Å². The van der Waals surface area contributed by atoms with Crippen molar-refractivity contribution in [2.45, 2.75) is 40.2 Å². The van der Waals surface area contributed by atoms with Gasteiger partial charge in [-0.1, -0.05) is 54.4 Å². The van der Waals surface area contributed by atoms with Gasteiger partial charge < -0.3 is 5.32 Å². The zero-order valence-corrected chi connectivity index (χ0v) is 13.3. The second-order valence-corrected chi connectivity index (χ2v) is 5.79. The van der Waals surface area contributed by atoms with Gasteiger partial charge in [-0.2, -0.15) is 0 Å². The van der Waals surface area contributed by atoms with Gasteiger partial charge in [-0.3, -0.25) is 0 Å². The maximum atomic E-state index is 14.5. The van der Waals surface area contributed by atoms with Gasteiger partial charge in [-0.15, -0.1) is 0 Å². The fraction of sp³-hybridized carbons (Fsp3) is 0.368. The standard InChI is InChI=1S/C19H24FN/c1-5-9-21-19(16-11-13(2)10-14(3)12-16)17-8-6-7-15(4)18(17)20/h6-8,10-12,19,21H,5,9H2,1-4H3. The van der Waals surface area contributed by atoms with E-state index in [1.165, 1.54) is 11.1 Å². The van der Waals surface area contributed by atoms with Crippen LogP contribution < -0.4 is 5.32 Å². The molecule has 21 heavy (non-hydrogen) atoms. The molecule has 2 aromatic carbocycles. The van der Waals surface area contributed by atoms with Gasteiger partial charge in [0.15, 0.2) is 0 Å². The van der Waals surface area contributed by atoms with Crippen LogP contribution in [0.4, 0.5) is 4.39 Å². The van der Waals surface area contributed by atoms with Crippen LogP contribution in [0.1, 0.15) is 47.2 Å². The molecule has 2 rings (SSSR count). The average Bonchev–Trinajstić information content (AvgIpc) is 2.42. The van der Waals surface area contributed by atoms with Gasteiger partial charge in [-0.25, -0.2) is 4.39 Å². The summed E-state index contributed by atoms with van der Waals surface area (Å²) in [7, 11) is 0. The van der Waals surface area contributed by atoms with Crippen LogP contribution in [-0.2, 0) is 0 Å². The molecule has 0 spiro atoms. The van der Waals surface area contributed by atoms with E-state index >= 15 is 0 Å². The lowest BCUT2D eigenvalue weighted by Gasteiger charge is -2.22. The van der Waals surface area contributed by atoms with Crippen LogP contribution in [0.3, 0.4) is 0 Å². The molecule has 0 heterocycles. The highest BCUT2D eigenvalue weighted by atomic mass is 19.1. The Bertz CT molecular complexity index is 599. The van der Waals surface area contributed by atoms with Crippen LogP contribution in [0.5, 0.6) is 0 Å². The maximum absolute atomic E-state index is 14.5. The van der Waals surface area contributed by atoms with Crippen molar-refractivity contribution < 1.29 is 4.39 Å². The topological polar surface area (TPSA) is 12.0 Å². The van der Waals surface area contributed by atoms with Crippen molar-refractivity contribution in [2.24, 2.45) is 0 Å². The zero-order chi connectivity index (χ0) is 15.4. The maximum Gasteiger partial charge on any atom is 0.131 e. The summed E-state index contributed by atoms with van der Waals surface area (Å²) in [5.74, 6) is -0.106. The number of hydrogen-bond acceptors (Lipinski definition) is 1. The number of hydrogen-bond donors (Lipinski definition) is 1. The molecule has 1 N–H and O–H groups in total. The summed E-state index contributed by atoms with van der Waals surface area (Å²) in [4.78, 5) is 0. The van der Waals surface area contributed by atoms with Gasteiger partial charge in [0.05, 0.1) is 6.04 Å². The first-order chi connectivity index (χ1) is 10.0. The second kappa shape index (κ2) is 6.86. The molecular formula is C19H24FN. The Morgan fingerprint density at radius 2 is 1.71 bits per heavy atom. The van der Waals surface area contributed by atoms with Crippen molar-refractivity contribution in [3.05, 3.63) is 70.0 Å². The normalized spacial score (nSPS) is 12.4. The Hall–Kier alpha value is -1.67. The lowest BCUT2D eigenvalue weighted by atomic mass is 9.94. The van der Waals surface area contributed by atoms with Crippen LogP contribution in [-0.4, -0.2) is 6.54 Å². The van der Waals surface area contributed by atoms with E-state index in [1.807, 2.05) is 25.1 Å². The summed E-state index contributed by atoms with van der Waals surface area (Å²) in [5, 5.41) is 3.48. The molecule has 0 fully saturated rings. The molecule has 0 saturated carbocycles. The van der Waals surface area contributed by atoms with Crippen molar-refractivity contribution in [3.63, 3.8) is 0 Å². The summed E-state index contributed by atoms with van der Waals surface area (Å²) in [6, 6.07) is 12.0. The van der Waals surface area contributed by atoms with Crippen LogP contribution in [0.15, 0.2) is 36.4 Å². The summed E-state index contributed by atoms with van der Waals surface area (Å²) >= 11 is 0. The summed E-state index contributed by atoms with van der Waals surface area (Å²) in [6.07, 6.45) is 1.02. The highest BCUT2D eigenvalue weighted by Gasteiger charge is 2.18. The Morgan fingerprint density at radius 1 is 1.05 bits per heavy atom. The number of benzene rings is 2. The second-order valence-electron chi connectivity index (χ2n) is 5.79. The third-order valence-electron chi connectivity index (χ3n) is 3.71. The van der Waals surface area contributed by atoms with Crippen molar-refractivity contribution in [1.82, 2.24) is 5.32 Å². The molecule has 0 bridgehead atoms. The van der Waals surface area contributed by atoms with Crippen LogP contribution in [0, 0.1) is 26.6 Å². The number of nitrogens with one attached hydrogen (secondary N) is 1. The van der Waals surface area contributed by atoms with Crippen LogP contribution in [0.2, 0.25) is 0 Å². The van der Waals surface area contributed by atoms with E-state index in [9.17, 15) is 4.39 Å². The largest absolute Gasteiger partial charge is 0.306 e. The van der Waals surface area contributed by atoms with E-state index in [2.05, 4.69) is 44.3 Å². The van der Waals surface area contributed by atoms with Crippen molar-refractivity contribution in [1.29, 1.82) is 0 Å². The molecule has 0 radical (unpaired) electrons. The van der Waals surface area contributed by atoms with Crippen molar-refractivity contribution in [3.8, 4) is 0 Å². The monoisotopic (exact) mass is 285 g/mol. The molecule has 112 valence electrons. The van der Waals surface area contributed by atoms with Gasteiger partial charge in [0.1, 0.15) is 5.82 Å². The Labute approximate surface area is 127 Å². The first kappa shape index (κ1) is 15.7. The molecule has 0 amide bonds.